The number of allylic oxidation sites excluding steroid dienone is 1. The van der Waals surface area contributed by atoms with Crippen molar-refractivity contribution in [1.82, 2.24) is 0 Å². The quantitative estimate of drug-likeness (QED) is 0.851. The Morgan fingerprint density at radius 1 is 1.12 bits per heavy atom. The van der Waals surface area contributed by atoms with Gasteiger partial charge >= 0.3 is 0 Å². The Kier molecular flexibility index (Phi) is 3.53. The van der Waals surface area contributed by atoms with Crippen molar-refractivity contribution in [1.29, 1.82) is 0 Å². The van der Waals surface area contributed by atoms with Crippen molar-refractivity contribution in [2.24, 2.45) is 0 Å². The van der Waals surface area contributed by atoms with Gasteiger partial charge in [0.1, 0.15) is 17.3 Å². The molecule has 2 aromatic rings. The lowest BCUT2D eigenvalue weighted by atomic mass is 9.82. The van der Waals surface area contributed by atoms with Crippen LogP contribution in [0.4, 0.5) is 0 Å². The first-order valence-corrected chi connectivity index (χ1v) is 7.76. The van der Waals surface area contributed by atoms with Gasteiger partial charge in [0.25, 0.3) is 0 Å². The number of carbonyl (C=O) groups excluding carboxylic acids is 1. The average molecular weight is 339 g/mol. The summed E-state index contributed by atoms with van der Waals surface area (Å²) in [6.07, 6.45) is 0. The van der Waals surface area contributed by atoms with Crippen LogP contribution >= 0.6 is 0 Å². The minimum Gasteiger partial charge on any atom is -0.545 e. The fourth-order valence-electron chi connectivity index (χ4n) is 3.24. The lowest BCUT2D eigenvalue weighted by Gasteiger charge is -2.31. The van der Waals surface area contributed by atoms with Crippen LogP contribution in [-0.2, 0) is 4.79 Å². The molecule has 0 amide bonds. The van der Waals surface area contributed by atoms with Crippen molar-refractivity contribution in [3.8, 4) is 23.0 Å². The Hall–Kier alpha value is -3.15. The first-order valence-electron chi connectivity index (χ1n) is 7.76. The number of ether oxygens (including phenoxy) is 4. The molecule has 2 heterocycles. The van der Waals surface area contributed by atoms with Crippen LogP contribution in [0, 0.1) is 0 Å². The number of carboxylic acid groups (broad SMARTS) is 1. The van der Waals surface area contributed by atoms with Gasteiger partial charge in [-0.15, -0.1) is 0 Å². The molecule has 0 fully saturated rings. The standard InChI is InChI=1S/C19H16O6/c1-10-17(19(20)21)18(11-3-5-12(22-2)6-4-11)13-7-15-16(24-9-23-15)8-14(13)25-10/h3-8,18H,9H2,1-2H3,(H,20,21)/p-1/t18-/m0/s1. The van der Waals surface area contributed by atoms with E-state index in [1.54, 1.807) is 38.3 Å². The molecule has 0 unspecified atom stereocenters. The molecule has 0 N–H and O–H groups in total. The molecule has 25 heavy (non-hydrogen) atoms. The number of benzene rings is 2. The maximum atomic E-state index is 11.8. The highest BCUT2D eigenvalue weighted by Gasteiger charge is 2.32. The maximum Gasteiger partial charge on any atom is 0.231 e. The van der Waals surface area contributed by atoms with E-state index in [1.165, 1.54) is 0 Å². The molecule has 0 saturated carbocycles. The van der Waals surface area contributed by atoms with Gasteiger partial charge in [-0.2, -0.15) is 0 Å². The predicted octanol–water partition coefficient (Wildman–Crippen LogP) is 1.97. The number of rotatable bonds is 3. The number of methoxy groups -OCH3 is 1. The monoisotopic (exact) mass is 339 g/mol. The molecule has 128 valence electrons. The van der Waals surface area contributed by atoms with Gasteiger partial charge < -0.3 is 28.8 Å². The molecule has 0 bridgehead atoms. The summed E-state index contributed by atoms with van der Waals surface area (Å²) in [6.45, 7) is 1.75. The summed E-state index contributed by atoms with van der Waals surface area (Å²) in [5.41, 5.74) is 1.58. The molecule has 6 heteroatoms. The van der Waals surface area contributed by atoms with E-state index in [0.29, 0.717) is 34.3 Å². The summed E-state index contributed by atoms with van der Waals surface area (Å²) in [5.74, 6) is 0.892. The van der Waals surface area contributed by atoms with Gasteiger partial charge in [0.15, 0.2) is 11.5 Å². The largest absolute Gasteiger partial charge is 0.545 e. The van der Waals surface area contributed by atoms with Crippen LogP contribution in [0.3, 0.4) is 0 Å². The van der Waals surface area contributed by atoms with Gasteiger partial charge in [-0.25, -0.2) is 0 Å². The molecular weight excluding hydrogens is 324 g/mol. The predicted molar refractivity (Wildman–Crippen MR) is 85.7 cm³/mol. The second kappa shape index (κ2) is 5.73. The van der Waals surface area contributed by atoms with E-state index in [0.717, 1.165) is 5.56 Å². The van der Waals surface area contributed by atoms with Crippen molar-refractivity contribution in [3.05, 3.63) is 58.9 Å². The fourth-order valence-corrected chi connectivity index (χ4v) is 3.24. The molecular formula is C19H15O6-. The Balaban J connectivity index is 1.90. The van der Waals surface area contributed by atoms with Crippen molar-refractivity contribution >= 4 is 5.97 Å². The topological polar surface area (TPSA) is 77.1 Å². The second-order valence-corrected chi connectivity index (χ2v) is 5.81. The lowest BCUT2D eigenvalue weighted by molar-refractivity contribution is -0.299. The number of hydrogen-bond acceptors (Lipinski definition) is 6. The summed E-state index contributed by atoms with van der Waals surface area (Å²) in [7, 11) is 1.58. The van der Waals surface area contributed by atoms with Crippen LogP contribution in [0.25, 0.3) is 0 Å². The number of carboxylic acids is 1. The molecule has 0 aromatic heterocycles. The lowest BCUT2D eigenvalue weighted by Crippen LogP contribution is -2.32. The first-order chi connectivity index (χ1) is 12.1. The molecule has 1 atom stereocenters. The van der Waals surface area contributed by atoms with Gasteiger partial charge in [0.2, 0.25) is 6.79 Å². The Morgan fingerprint density at radius 2 is 1.80 bits per heavy atom. The van der Waals surface area contributed by atoms with E-state index in [-0.39, 0.29) is 12.4 Å². The third kappa shape index (κ3) is 2.46. The zero-order chi connectivity index (χ0) is 17.6. The molecule has 0 saturated heterocycles. The molecule has 0 aliphatic carbocycles. The van der Waals surface area contributed by atoms with Gasteiger partial charge in [0, 0.05) is 23.1 Å². The van der Waals surface area contributed by atoms with Crippen molar-refractivity contribution < 1.29 is 28.8 Å². The van der Waals surface area contributed by atoms with Crippen LogP contribution < -0.4 is 24.1 Å². The highest BCUT2D eigenvalue weighted by atomic mass is 16.7. The molecule has 2 aliphatic heterocycles. The number of fused-ring (bicyclic) bond motifs is 2. The van der Waals surface area contributed by atoms with Gasteiger partial charge in [-0.05, 0) is 30.7 Å². The van der Waals surface area contributed by atoms with E-state index in [9.17, 15) is 9.90 Å². The van der Waals surface area contributed by atoms with Crippen molar-refractivity contribution in [2.45, 2.75) is 12.8 Å². The fraction of sp³-hybridized carbons (Fsp3) is 0.211. The Morgan fingerprint density at radius 3 is 2.44 bits per heavy atom. The smallest absolute Gasteiger partial charge is 0.231 e. The highest BCUT2D eigenvalue weighted by molar-refractivity contribution is 5.89. The minimum atomic E-state index is -1.26. The van der Waals surface area contributed by atoms with E-state index in [2.05, 4.69) is 0 Å². The number of hydrogen-bond donors (Lipinski definition) is 0. The van der Waals surface area contributed by atoms with Crippen molar-refractivity contribution in [3.63, 3.8) is 0 Å². The summed E-state index contributed by atoms with van der Waals surface area (Å²) in [4.78, 5) is 11.8. The van der Waals surface area contributed by atoms with Crippen LogP contribution in [0.2, 0.25) is 0 Å². The van der Waals surface area contributed by atoms with Crippen LogP contribution in [0.1, 0.15) is 24.0 Å². The van der Waals surface area contributed by atoms with Gasteiger partial charge in [-0.1, -0.05) is 12.1 Å². The zero-order valence-electron chi connectivity index (χ0n) is 13.7. The average Bonchev–Trinajstić information content (AvgIpc) is 3.06. The number of aliphatic carboxylic acids is 1. The van der Waals surface area contributed by atoms with Crippen LogP contribution in [0.15, 0.2) is 47.7 Å². The SMILES string of the molecule is COc1ccc([C@@H]2C(C(=O)[O-])=C(C)Oc3cc4c(cc32)OCO4)cc1. The van der Waals surface area contributed by atoms with Gasteiger partial charge in [-0.3, -0.25) is 0 Å². The molecule has 4 rings (SSSR count). The van der Waals surface area contributed by atoms with E-state index < -0.39 is 11.9 Å². The Bertz CT molecular complexity index is 882. The third-order valence-corrected chi connectivity index (χ3v) is 4.42. The normalized spacial score (nSPS) is 17.8. The summed E-state index contributed by atoms with van der Waals surface area (Å²) in [5, 5.41) is 11.8. The second-order valence-electron chi connectivity index (χ2n) is 5.81. The summed E-state index contributed by atoms with van der Waals surface area (Å²) >= 11 is 0. The summed E-state index contributed by atoms with van der Waals surface area (Å²) < 4.78 is 21.7. The van der Waals surface area contributed by atoms with E-state index >= 15 is 0 Å². The summed E-state index contributed by atoms with van der Waals surface area (Å²) in [6, 6.07) is 10.7. The van der Waals surface area contributed by atoms with Crippen molar-refractivity contribution in [2.75, 3.05) is 13.9 Å². The molecule has 2 aliphatic rings. The third-order valence-electron chi connectivity index (χ3n) is 4.42. The van der Waals surface area contributed by atoms with E-state index in [1.807, 2.05) is 12.1 Å². The minimum absolute atomic E-state index is 0.0940. The molecule has 6 nitrogen and oxygen atoms in total. The Labute approximate surface area is 144 Å². The number of carbonyl (C=O) groups is 1. The first kappa shape index (κ1) is 15.4. The molecule has 0 radical (unpaired) electrons. The molecule has 2 aromatic carbocycles. The van der Waals surface area contributed by atoms with Gasteiger partial charge in [0.05, 0.1) is 13.1 Å². The zero-order valence-corrected chi connectivity index (χ0v) is 13.7. The van der Waals surface area contributed by atoms with Crippen LogP contribution in [-0.4, -0.2) is 19.9 Å². The van der Waals surface area contributed by atoms with Crippen LogP contribution in [0.5, 0.6) is 23.0 Å². The molecule has 0 spiro atoms. The highest BCUT2D eigenvalue weighted by Crippen LogP contribution is 2.48. The van der Waals surface area contributed by atoms with E-state index in [4.69, 9.17) is 18.9 Å². The maximum absolute atomic E-state index is 11.8.